The number of benzene rings is 1. The molecule has 0 radical (unpaired) electrons. The molecule has 0 saturated carbocycles. The van der Waals surface area contributed by atoms with Crippen molar-refractivity contribution in [1.29, 1.82) is 0 Å². The fourth-order valence-corrected chi connectivity index (χ4v) is 5.61. The minimum Gasteiger partial charge on any atom is -0.497 e. The Bertz CT molecular complexity index is 821. The van der Waals surface area contributed by atoms with Gasteiger partial charge in [-0.25, -0.2) is 0 Å². The Morgan fingerprint density at radius 1 is 1.07 bits per heavy atom. The van der Waals surface area contributed by atoms with Crippen LogP contribution in [0.4, 0.5) is 5.69 Å². The number of carbonyl (C=O) groups is 1. The van der Waals surface area contributed by atoms with Gasteiger partial charge in [-0.2, -0.15) is 17.0 Å². The zero-order valence-corrected chi connectivity index (χ0v) is 18.2. The molecule has 0 aliphatic carbocycles. The van der Waals surface area contributed by atoms with E-state index >= 15 is 0 Å². The third-order valence-electron chi connectivity index (χ3n) is 5.82. The molecule has 1 amide bonds. The predicted molar refractivity (Wildman–Crippen MR) is 111 cm³/mol. The summed E-state index contributed by atoms with van der Waals surface area (Å²) in [5.74, 6) is 1.10. The summed E-state index contributed by atoms with van der Waals surface area (Å²) >= 11 is 0. The highest BCUT2D eigenvalue weighted by Gasteiger charge is 2.37. The lowest BCUT2D eigenvalue weighted by Crippen LogP contribution is -2.51. The van der Waals surface area contributed by atoms with Crippen LogP contribution in [0.2, 0.25) is 0 Å². The maximum atomic E-state index is 13.0. The molecule has 2 aliphatic heterocycles. The Morgan fingerprint density at radius 3 is 2.45 bits per heavy atom. The number of rotatable bonds is 6. The molecule has 1 unspecified atom stereocenters. The van der Waals surface area contributed by atoms with E-state index in [-0.39, 0.29) is 12.5 Å². The lowest BCUT2D eigenvalue weighted by Gasteiger charge is -2.37. The molecule has 2 aliphatic rings. The highest BCUT2D eigenvalue weighted by molar-refractivity contribution is 7.86. The van der Waals surface area contributed by atoms with E-state index in [2.05, 4.69) is 12.2 Å². The molecule has 2 heterocycles. The van der Waals surface area contributed by atoms with Crippen LogP contribution in [0, 0.1) is 11.8 Å². The van der Waals surface area contributed by atoms with Gasteiger partial charge >= 0.3 is 0 Å². The first-order valence-corrected chi connectivity index (χ1v) is 11.5. The molecule has 0 bridgehead atoms. The summed E-state index contributed by atoms with van der Waals surface area (Å²) in [6.45, 7) is 3.93. The fraction of sp³-hybridized carbons (Fsp3) is 0.650. The normalized spacial score (nSPS) is 22.2. The van der Waals surface area contributed by atoms with Gasteiger partial charge in [-0.05, 0) is 43.7 Å². The lowest BCUT2D eigenvalue weighted by molar-refractivity contribution is -0.120. The number of nitrogens with zero attached hydrogens (tertiary/aromatic N) is 2. The SMILES string of the molecule is COc1ccc(NC(=O)C2CCCN(S(=O)(=O)N3CCC(C)CC3)C2)c(OC)c1. The molecule has 2 fully saturated rings. The van der Waals surface area contributed by atoms with Crippen LogP contribution in [0.15, 0.2) is 18.2 Å². The standard InChI is InChI=1S/C20H31N3O5S/c1-15-8-11-22(12-9-15)29(25,26)23-10-4-5-16(14-23)20(24)21-18-7-6-17(27-2)13-19(18)28-3/h6-7,13,15-16H,4-5,8-12,14H2,1-3H3,(H,21,24). The van der Waals surface area contributed by atoms with E-state index in [1.54, 1.807) is 29.6 Å². The number of methoxy groups -OCH3 is 2. The van der Waals surface area contributed by atoms with Crippen molar-refractivity contribution in [3.05, 3.63) is 18.2 Å². The van der Waals surface area contributed by atoms with Crippen LogP contribution in [0.5, 0.6) is 11.5 Å². The quantitative estimate of drug-likeness (QED) is 0.756. The third kappa shape index (κ3) is 5.02. The van der Waals surface area contributed by atoms with E-state index in [0.717, 1.165) is 12.8 Å². The molecule has 9 heteroatoms. The molecule has 8 nitrogen and oxygen atoms in total. The second-order valence-electron chi connectivity index (χ2n) is 7.84. The number of hydrogen-bond donors (Lipinski definition) is 1. The van der Waals surface area contributed by atoms with Gasteiger partial charge in [-0.15, -0.1) is 0 Å². The Balaban J connectivity index is 1.66. The zero-order valence-electron chi connectivity index (χ0n) is 17.4. The third-order valence-corrected chi connectivity index (χ3v) is 7.82. The maximum Gasteiger partial charge on any atom is 0.281 e. The topological polar surface area (TPSA) is 88.2 Å². The smallest absolute Gasteiger partial charge is 0.281 e. The van der Waals surface area contributed by atoms with Crippen molar-refractivity contribution < 1.29 is 22.7 Å². The van der Waals surface area contributed by atoms with Crippen LogP contribution in [0.3, 0.4) is 0 Å². The zero-order chi connectivity index (χ0) is 21.0. The predicted octanol–water partition coefficient (Wildman–Crippen LogP) is 2.33. The Morgan fingerprint density at radius 2 is 1.79 bits per heavy atom. The number of piperidine rings is 2. The summed E-state index contributed by atoms with van der Waals surface area (Å²) in [4.78, 5) is 12.8. The van der Waals surface area contributed by atoms with Crippen LogP contribution in [0.1, 0.15) is 32.6 Å². The average Bonchev–Trinajstić information content (AvgIpc) is 2.74. The summed E-state index contributed by atoms with van der Waals surface area (Å²) in [6.07, 6.45) is 3.09. The van der Waals surface area contributed by atoms with Crippen molar-refractivity contribution in [2.45, 2.75) is 32.6 Å². The van der Waals surface area contributed by atoms with Gasteiger partial charge in [0.25, 0.3) is 10.2 Å². The molecule has 1 N–H and O–H groups in total. The summed E-state index contributed by atoms with van der Waals surface area (Å²) in [6, 6.07) is 5.17. The monoisotopic (exact) mass is 425 g/mol. The van der Waals surface area contributed by atoms with E-state index in [1.807, 2.05) is 0 Å². The minimum absolute atomic E-state index is 0.194. The number of hydrogen-bond acceptors (Lipinski definition) is 5. The van der Waals surface area contributed by atoms with Crippen molar-refractivity contribution in [2.75, 3.05) is 45.7 Å². The van der Waals surface area contributed by atoms with Gasteiger partial charge in [-0.3, -0.25) is 4.79 Å². The largest absolute Gasteiger partial charge is 0.497 e. The first-order valence-electron chi connectivity index (χ1n) is 10.1. The highest BCUT2D eigenvalue weighted by Crippen LogP contribution is 2.31. The van der Waals surface area contributed by atoms with Gasteiger partial charge in [0, 0.05) is 32.2 Å². The molecule has 29 heavy (non-hydrogen) atoms. The summed E-state index contributed by atoms with van der Waals surface area (Å²) in [5.41, 5.74) is 0.545. The molecular weight excluding hydrogens is 394 g/mol. The molecule has 2 saturated heterocycles. The first-order chi connectivity index (χ1) is 13.8. The van der Waals surface area contributed by atoms with Crippen LogP contribution >= 0.6 is 0 Å². The molecular formula is C20H31N3O5S. The molecule has 162 valence electrons. The van der Waals surface area contributed by atoms with Crippen LogP contribution in [-0.4, -0.2) is 63.3 Å². The van der Waals surface area contributed by atoms with Crippen molar-refractivity contribution >= 4 is 21.8 Å². The Kier molecular flexibility index (Phi) is 7.02. The summed E-state index contributed by atoms with van der Waals surface area (Å²) in [5, 5.41) is 2.89. The molecule has 0 aromatic heterocycles. The van der Waals surface area contributed by atoms with Gasteiger partial charge in [0.1, 0.15) is 11.5 Å². The van der Waals surface area contributed by atoms with Crippen LogP contribution < -0.4 is 14.8 Å². The Hall–Kier alpha value is -1.84. The second kappa shape index (κ2) is 9.32. The van der Waals surface area contributed by atoms with E-state index < -0.39 is 16.1 Å². The second-order valence-corrected chi connectivity index (χ2v) is 9.77. The van der Waals surface area contributed by atoms with E-state index in [9.17, 15) is 13.2 Å². The number of anilines is 1. The lowest BCUT2D eigenvalue weighted by atomic mass is 9.98. The van der Waals surface area contributed by atoms with E-state index in [4.69, 9.17) is 9.47 Å². The van der Waals surface area contributed by atoms with Crippen molar-refractivity contribution in [3.63, 3.8) is 0 Å². The van der Waals surface area contributed by atoms with Gasteiger partial charge < -0.3 is 14.8 Å². The summed E-state index contributed by atoms with van der Waals surface area (Å²) in [7, 11) is -0.435. The number of carbonyl (C=O) groups excluding carboxylic acids is 1. The van der Waals surface area contributed by atoms with E-state index in [1.165, 1.54) is 11.4 Å². The van der Waals surface area contributed by atoms with Crippen LogP contribution in [0.25, 0.3) is 0 Å². The maximum absolute atomic E-state index is 13.0. The van der Waals surface area contributed by atoms with Crippen molar-refractivity contribution in [3.8, 4) is 11.5 Å². The average molecular weight is 426 g/mol. The molecule has 3 rings (SSSR count). The Labute approximate surface area is 173 Å². The van der Waals surface area contributed by atoms with Gasteiger partial charge in [0.2, 0.25) is 5.91 Å². The van der Waals surface area contributed by atoms with Gasteiger partial charge in [0.05, 0.1) is 25.8 Å². The molecule has 1 aromatic rings. The molecule has 1 aromatic carbocycles. The number of amides is 1. The highest BCUT2D eigenvalue weighted by atomic mass is 32.2. The first kappa shape index (κ1) is 21.9. The minimum atomic E-state index is -3.52. The molecule has 0 spiro atoms. The summed E-state index contributed by atoms with van der Waals surface area (Å²) < 4.78 is 39.6. The number of ether oxygens (including phenoxy) is 2. The van der Waals surface area contributed by atoms with Crippen LogP contribution in [-0.2, 0) is 15.0 Å². The van der Waals surface area contributed by atoms with Gasteiger partial charge in [-0.1, -0.05) is 6.92 Å². The number of nitrogens with one attached hydrogen (secondary N) is 1. The van der Waals surface area contributed by atoms with Crippen molar-refractivity contribution in [1.82, 2.24) is 8.61 Å². The fourth-order valence-electron chi connectivity index (χ4n) is 3.88. The van der Waals surface area contributed by atoms with Gasteiger partial charge in [0.15, 0.2) is 0 Å². The van der Waals surface area contributed by atoms with Crippen molar-refractivity contribution in [2.24, 2.45) is 11.8 Å². The van der Waals surface area contributed by atoms with E-state index in [0.29, 0.717) is 55.6 Å². The molecule has 1 atom stereocenters.